The largest absolute Gasteiger partial charge is 0.497 e. The molecule has 0 saturated carbocycles. The van der Waals surface area contributed by atoms with E-state index < -0.39 is 0 Å². The molecule has 1 unspecified atom stereocenters. The number of morpholine rings is 1. The molecule has 1 saturated heterocycles. The van der Waals surface area contributed by atoms with Crippen LogP contribution in [-0.4, -0.2) is 49.2 Å². The molecule has 24 heavy (non-hydrogen) atoms. The SMILES string of the molecule is COc1ccc(OCC(=O)N2CCOC(c3ccncc3)C2)cc1. The van der Waals surface area contributed by atoms with Crippen LogP contribution in [0.3, 0.4) is 0 Å². The van der Waals surface area contributed by atoms with Crippen LogP contribution in [-0.2, 0) is 9.53 Å². The maximum absolute atomic E-state index is 12.4. The normalized spacial score (nSPS) is 17.4. The van der Waals surface area contributed by atoms with Crippen molar-refractivity contribution in [2.45, 2.75) is 6.10 Å². The fourth-order valence-corrected chi connectivity index (χ4v) is 2.56. The van der Waals surface area contributed by atoms with E-state index in [1.54, 1.807) is 48.7 Å². The first-order valence-corrected chi connectivity index (χ1v) is 7.82. The molecule has 3 rings (SSSR count). The topological polar surface area (TPSA) is 60.9 Å². The van der Waals surface area contributed by atoms with Crippen molar-refractivity contribution in [3.05, 3.63) is 54.4 Å². The summed E-state index contributed by atoms with van der Waals surface area (Å²) in [6.45, 7) is 1.62. The van der Waals surface area contributed by atoms with Crippen LogP contribution >= 0.6 is 0 Å². The Morgan fingerprint density at radius 3 is 2.62 bits per heavy atom. The van der Waals surface area contributed by atoms with E-state index in [0.29, 0.717) is 25.4 Å². The molecule has 6 heteroatoms. The highest BCUT2D eigenvalue weighted by atomic mass is 16.5. The number of aromatic nitrogens is 1. The lowest BCUT2D eigenvalue weighted by Gasteiger charge is -2.33. The number of carbonyl (C=O) groups excluding carboxylic acids is 1. The van der Waals surface area contributed by atoms with E-state index in [0.717, 1.165) is 11.3 Å². The molecule has 0 radical (unpaired) electrons. The van der Waals surface area contributed by atoms with Crippen molar-refractivity contribution < 1.29 is 19.0 Å². The maximum atomic E-state index is 12.4. The highest BCUT2D eigenvalue weighted by molar-refractivity contribution is 5.78. The van der Waals surface area contributed by atoms with Crippen LogP contribution in [0.4, 0.5) is 0 Å². The lowest BCUT2D eigenvalue weighted by molar-refractivity contribution is -0.141. The van der Waals surface area contributed by atoms with E-state index in [1.165, 1.54) is 0 Å². The first-order chi connectivity index (χ1) is 11.8. The van der Waals surface area contributed by atoms with Gasteiger partial charge in [-0.05, 0) is 42.0 Å². The number of amides is 1. The van der Waals surface area contributed by atoms with Gasteiger partial charge in [-0.1, -0.05) is 0 Å². The van der Waals surface area contributed by atoms with E-state index in [1.807, 2.05) is 12.1 Å². The highest BCUT2D eigenvalue weighted by Crippen LogP contribution is 2.22. The number of rotatable bonds is 5. The van der Waals surface area contributed by atoms with E-state index in [4.69, 9.17) is 14.2 Å². The zero-order valence-electron chi connectivity index (χ0n) is 13.6. The third-order valence-corrected chi connectivity index (χ3v) is 3.92. The summed E-state index contributed by atoms with van der Waals surface area (Å²) >= 11 is 0. The lowest BCUT2D eigenvalue weighted by Crippen LogP contribution is -2.44. The van der Waals surface area contributed by atoms with Gasteiger partial charge in [0.15, 0.2) is 6.61 Å². The number of methoxy groups -OCH3 is 1. The molecule has 2 aromatic rings. The Bertz CT molecular complexity index is 660. The standard InChI is InChI=1S/C18H20N2O4/c1-22-15-2-4-16(5-3-15)24-13-18(21)20-10-11-23-17(12-20)14-6-8-19-9-7-14/h2-9,17H,10-13H2,1H3. The van der Waals surface area contributed by atoms with Gasteiger partial charge in [0.05, 0.1) is 20.3 Å². The molecule has 1 aromatic carbocycles. The summed E-state index contributed by atoms with van der Waals surface area (Å²) in [5, 5.41) is 0. The van der Waals surface area contributed by atoms with Crippen LogP contribution < -0.4 is 9.47 Å². The molecule has 0 bridgehead atoms. The third kappa shape index (κ3) is 4.02. The Morgan fingerprint density at radius 2 is 1.92 bits per heavy atom. The number of carbonyl (C=O) groups is 1. The molecule has 0 aliphatic carbocycles. The fraction of sp³-hybridized carbons (Fsp3) is 0.333. The van der Waals surface area contributed by atoms with Crippen LogP contribution in [0.25, 0.3) is 0 Å². The predicted molar refractivity (Wildman–Crippen MR) is 88.0 cm³/mol. The van der Waals surface area contributed by atoms with E-state index in [9.17, 15) is 4.79 Å². The average Bonchev–Trinajstić information content (AvgIpc) is 2.67. The molecule has 2 heterocycles. The molecular formula is C18H20N2O4. The quantitative estimate of drug-likeness (QED) is 0.841. The first-order valence-electron chi connectivity index (χ1n) is 7.82. The Labute approximate surface area is 141 Å². The summed E-state index contributed by atoms with van der Waals surface area (Å²) in [5.41, 5.74) is 1.03. The van der Waals surface area contributed by atoms with Crippen LogP contribution in [0.5, 0.6) is 11.5 Å². The van der Waals surface area contributed by atoms with Gasteiger partial charge in [0.25, 0.3) is 5.91 Å². The van der Waals surface area contributed by atoms with Crippen molar-refractivity contribution >= 4 is 5.91 Å². The average molecular weight is 328 g/mol. The Kier molecular flexibility index (Phi) is 5.28. The van der Waals surface area contributed by atoms with Crippen molar-refractivity contribution in [2.24, 2.45) is 0 Å². The number of benzene rings is 1. The number of hydrogen-bond acceptors (Lipinski definition) is 5. The van der Waals surface area contributed by atoms with Crippen LogP contribution in [0.15, 0.2) is 48.8 Å². The Morgan fingerprint density at radius 1 is 1.21 bits per heavy atom. The first kappa shape index (κ1) is 16.3. The van der Waals surface area contributed by atoms with Crippen LogP contribution in [0, 0.1) is 0 Å². The minimum absolute atomic E-state index is 0.00932. The van der Waals surface area contributed by atoms with Gasteiger partial charge in [0.2, 0.25) is 0 Å². The molecule has 126 valence electrons. The summed E-state index contributed by atoms with van der Waals surface area (Å²) in [6.07, 6.45) is 3.34. The van der Waals surface area contributed by atoms with Crippen molar-refractivity contribution in [1.82, 2.24) is 9.88 Å². The highest BCUT2D eigenvalue weighted by Gasteiger charge is 2.25. The summed E-state index contributed by atoms with van der Waals surface area (Å²) in [6, 6.07) is 11.0. The zero-order chi connectivity index (χ0) is 16.8. The molecule has 1 atom stereocenters. The molecule has 1 amide bonds. The molecule has 1 fully saturated rings. The number of ether oxygens (including phenoxy) is 3. The van der Waals surface area contributed by atoms with E-state index in [2.05, 4.69) is 4.98 Å². The molecular weight excluding hydrogens is 308 g/mol. The minimum atomic E-state index is -0.119. The van der Waals surface area contributed by atoms with E-state index in [-0.39, 0.29) is 18.6 Å². The monoisotopic (exact) mass is 328 g/mol. The predicted octanol–water partition coefficient (Wildman–Crippen LogP) is 2.07. The molecule has 6 nitrogen and oxygen atoms in total. The molecule has 1 aromatic heterocycles. The smallest absolute Gasteiger partial charge is 0.260 e. The van der Waals surface area contributed by atoms with Gasteiger partial charge < -0.3 is 19.1 Å². The summed E-state index contributed by atoms with van der Waals surface area (Å²) in [7, 11) is 1.61. The molecule has 0 N–H and O–H groups in total. The minimum Gasteiger partial charge on any atom is -0.497 e. The fourth-order valence-electron chi connectivity index (χ4n) is 2.56. The van der Waals surface area contributed by atoms with Gasteiger partial charge in [0.1, 0.15) is 17.6 Å². The number of hydrogen-bond donors (Lipinski definition) is 0. The van der Waals surface area contributed by atoms with Gasteiger partial charge in [-0.2, -0.15) is 0 Å². The Balaban J connectivity index is 1.54. The van der Waals surface area contributed by atoms with Crippen molar-refractivity contribution in [1.29, 1.82) is 0 Å². The van der Waals surface area contributed by atoms with Crippen molar-refractivity contribution in [2.75, 3.05) is 33.4 Å². The zero-order valence-corrected chi connectivity index (χ0v) is 13.6. The van der Waals surface area contributed by atoms with Gasteiger partial charge in [-0.25, -0.2) is 0 Å². The second kappa shape index (κ2) is 7.79. The second-order valence-corrected chi connectivity index (χ2v) is 5.44. The van der Waals surface area contributed by atoms with Crippen LogP contribution in [0.1, 0.15) is 11.7 Å². The number of nitrogens with zero attached hydrogens (tertiary/aromatic N) is 2. The van der Waals surface area contributed by atoms with Gasteiger partial charge in [-0.3, -0.25) is 9.78 Å². The lowest BCUT2D eigenvalue weighted by atomic mass is 10.1. The summed E-state index contributed by atoms with van der Waals surface area (Å²) in [5.74, 6) is 1.35. The van der Waals surface area contributed by atoms with Gasteiger partial charge in [-0.15, -0.1) is 0 Å². The second-order valence-electron chi connectivity index (χ2n) is 5.44. The third-order valence-electron chi connectivity index (χ3n) is 3.92. The van der Waals surface area contributed by atoms with E-state index >= 15 is 0 Å². The van der Waals surface area contributed by atoms with Gasteiger partial charge >= 0.3 is 0 Å². The van der Waals surface area contributed by atoms with Crippen molar-refractivity contribution in [3.63, 3.8) is 0 Å². The van der Waals surface area contributed by atoms with Gasteiger partial charge in [0, 0.05) is 18.9 Å². The maximum Gasteiger partial charge on any atom is 0.260 e. The van der Waals surface area contributed by atoms with Crippen LogP contribution in [0.2, 0.25) is 0 Å². The van der Waals surface area contributed by atoms with Crippen molar-refractivity contribution in [3.8, 4) is 11.5 Å². The molecule has 1 aliphatic heterocycles. The summed E-state index contributed by atoms with van der Waals surface area (Å²) in [4.78, 5) is 18.2. The number of pyridine rings is 1. The summed E-state index contributed by atoms with van der Waals surface area (Å²) < 4.78 is 16.4. The molecule has 0 spiro atoms. The Hall–Kier alpha value is -2.60. The molecule has 1 aliphatic rings.